The van der Waals surface area contributed by atoms with Crippen LogP contribution in [0.3, 0.4) is 0 Å². The molecule has 2 amide bonds. The van der Waals surface area contributed by atoms with E-state index in [0.717, 1.165) is 16.9 Å². The van der Waals surface area contributed by atoms with Gasteiger partial charge in [-0.3, -0.25) is 14.2 Å². The summed E-state index contributed by atoms with van der Waals surface area (Å²) in [5, 5.41) is 5.77. The van der Waals surface area contributed by atoms with Gasteiger partial charge in [-0.05, 0) is 42.7 Å². The smallest absolute Gasteiger partial charge is 0.251 e. The quantitative estimate of drug-likeness (QED) is 0.648. The van der Waals surface area contributed by atoms with Crippen LogP contribution in [0.25, 0.3) is 5.82 Å². The first kappa shape index (κ1) is 20.3. The third-order valence-corrected chi connectivity index (χ3v) is 4.56. The van der Waals surface area contributed by atoms with E-state index < -0.39 is 6.04 Å². The largest absolute Gasteiger partial charge is 0.350 e. The minimum atomic E-state index is -0.627. The van der Waals surface area contributed by atoms with Crippen LogP contribution in [0.5, 0.6) is 0 Å². The van der Waals surface area contributed by atoms with Crippen molar-refractivity contribution in [3.63, 3.8) is 0 Å². The summed E-state index contributed by atoms with van der Waals surface area (Å²) < 4.78 is 1.80. The molecule has 0 aliphatic carbocycles. The number of aromatic nitrogens is 3. The van der Waals surface area contributed by atoms with E-state index in [-0.39, 0.29) is 17.7 Å². The Balaban J connectivity index is 1.64. The fourth-order valence-corrected chi connectivity index (χ4v) is 2.95. The normalized spacial score (nSPS) is 11.9. The molecule has 150 valence electrons. The summed E-state index contributed by atoms with van der Waals surface area (Å²) >= 11 is 0. The number of pyridine rings is 1. The Kier molecular flexibility index (Phi) is 6.39. The minimum absolute atomic E-state index is 0.0530. The molecule has 1 atom stereocenters. The van der Waals surface area contributed by atoms with Gasteiger partial charge in [0.1, 0.15) is 18.2 Å². The number of rotatable bonds is 7. The number of nitrogens with one attached hydrogen (secondary N) is 2. The third kappa shape index (κ3) is 5.28. The molecule has 0 unspecified atom stereocenters. The highest BCUT2D eigenvalue weighted by Gasteiger charge is 2.24. The molecule has 1 aromatic carbocycles. The van der Waals surface area contributed by atoms with Crippen LogP contribution < -0.4 is 10.6 Å². The van der Waals surface area contributed by atoms with E-state index in [1.807, 2.05) is 45.0 Å². The number of carbonyl (C=O) groups is 2. The van der Waals surface area contributed by atoms with Crippen LogP contribution in [0.1, 0.15) is 35.3 Å². The maximum atomic E-state index is 12.7. The molecule has 7 heteroatoms. The van der Waals surface area contributed by atoms with Crippen LogP contribution in [0.15, 0.2) is 61.3 Å². The van der Waals surface area contributed by atoms with Crippen molar-refractivity contribution in [2.75, 3.05) is 0 Å². The number of carbonyl (C=O) groups excluding carboxylic acids is 2. The number of imidazole rings is 1. The van der Waals surface area contributed by atoms with E-state index in [4.69, 9.17) is 0 Å². The highest BCUT2D eigenvalue weighted by molar-refractivity contribution is 5.97. The van der Waals surface area contributed by atoms with E-state index >= 15 is 0 Å². The van der Waals surface area contributed by atoms with E-state index in [1.54, 1.807) is 41.6 Å². The highest BCUT2D eigenvalue weighted by atomic mass is 16.2. The van der Waals surface area contributed by atoms with Gasteiger partial charge in [0.05, 0.1) is 0 Å². The fraction of sp³-hybridized carbons (Fsp3) is 0.273. The number of amides is 2. The Morgan fingerprint density at radius 2 is 1.97 bits per heavy atom. The molecule has 3 rings (SSSR count). The van der Waals surface area contributed by atoms with Crippen LogP contribution in [0.2, 0.25) is 0 Å². The van der Waals surface area contributed by atoms with Crippen molar-refractivity contribution >= 4 is 11.8 Å². The molecule has 0 bridgehead atoms. The maximum Gasteiger partial charge on any atom is 0.251 e. The Morgan fingerprint density at radius 3 is 2.66 bits per heavy atom. The van der Waals surface area contributed by atoms with Gasteiger partial charge >= 0.3 is 0 Å². The van der Waals surface area contributed by atoms with Gasteiger partial charge in [-0.1, -0.05) is 31.5 Å². The first-order valence-electron chi connectivity index (χ1n) is 9.52. The average Bonchev–Trinajstić information content (AvgIpc) is 3.25. The van der Waals surface area contributed by atoms with Crippen LogP contribution in [-0.2, 0) is 11.3 Å². The Morgan fingerprint density at radius 1 is 1.14 bits per heavy atom. The van der Waals surface area contributed by atoms with Gasteiger partial charge < -0.3 is 10.6 Å². The molecule has 0 spiro atoms. The molecular weight excluding hydrogens is 366 g/mol. The van der Waals surface area contributed by atoms with E-state index in [1.165, 1.54) is 0 Å². The summed E-state index contributed by atoms with van der Waals surface area (Å²) in [5.41, 5.74) is 2.45. The number of hydrogen-bond donors (Lipinski definition) is 2. The zero-order chi connectivity index (χ0) is 20.8. The number of aryl methyl sites for hydroxylation is 1. The molecule has 2 heterocycles. The highest BCUT2D eigenvalue weighted by Crippen LogP contribution is 2.09. The third-order valence-electron chi connectivity index (χ3n) is 4.56. The lowest BCUT2D eigenvalue weighted by molar-refractivity contribution is -0.124. The molecule has 0 saturated heterocycles. The number of nitrogens with zero attached hydrogens (tertiary/aromatic N) is 3. The van der Waals surface area contributed by atoms with Gasteiger partial charge in [0.2, 0.25) is 5.91 Å². The predicted molar refractivity (Wildman–Crippen MR) is 110 cm³/mol. The Hall–Kier alpha value is -3.48. The van der Waals surface area contributed by atoms with Crippen molar-refractivity contribution in [2.24, 2.45) is 5.92 Å². The molecule has 0 saturated carbocycles. The summed E-state index contributed by atoms with van der Waals surface area (Å²) in [4.78, 5) is 33.6. The molecule has 0 aliphatic rings. The molecule has 0 aliphatic heterocycles. The molecule has 7 nitrogen and oxygen atoms in total. The number of benzene rings is 1. The molecule has 2 aromatic heterocycles. The summed E-state index contributed by atoms with van der Waals surface area (Å²) in [5.74, 6) is 0.195. The van der Waals surface area contributed by atoms with Gasteiger partial charge in [0, 0.05) is 30.7 Å². The molecule has 29 heavy (non-hydrogen) atoms. The van der Waals surface area contributed by atoms with E-state index in [0.29, 0.717) is 12.1 Å². The SMILES string of the molecule is Cc1cccc(C(=O)N[C@H](C(=O)NCc2ccnc(-n3ccnc3)c2)C(C)C)c1. The van der Waals surface area contributed by atoms with Crippen molar-refractivity contribution in [1.29, 1.82) is 0 Å². The van der Waals surface area contributed by atoms with E-state index in [2.05, 4.69) is 20.6 Å². The maximum absolute atomic E-state index is 12.7. The predicted octanol–water partition coefficient (Wildman–Crippen LogP) is 2.65. The van der Waals surface area contributed by atoms with Crippen molar-refractivity contribution in [2.45, 2.75) is 33.4 Å². The molecular formula is C22H25N5O2. The first-order valence-corrected chi connectivity index (χ1v) is 9.52. The fourth-order valence-electron chi connectivity index (χ4n) is 2.95. The minimum Gasteiger partial charge on any atom is -0.350 e. The summed E-state index contributed by atoms with van der Waals surface area (Å²) in [6, 6.07) is 10.4. The van der Waals surface area contributed by atoms with E-state index in [9.17, 15) is 9.59 Å². The zero-order valence-electron chi connectivity index (χ0n) is 16.8. The lowest BCUT2D eigenvalue weighted by Gasteiger charge is -2.22. The van der Waals surface area contributed by atoms with Crippen LogP contribution in [-0.4, -0.2) is 32.4 Å². The molecule has 0 radical (unpaired) electrons. The van der Waals surface area contributed by atoms with Crippen LogP contribution >= 0.6 is 0 Å². The van der Waals surface area contributed by atoms with Gasteiger partial charge in [0.25, 0.3) is 5.91 Å². The second-order valence-electron chi connectivity index (χ2n) is 7.27. The lowest BCUT2D eigenvalue weighted by Crippen LogP contribution is -2.49. The Bertz CT molecular complexity index is 982. The zero-order valence-corrected chi connectivity index (χ0v) is 16.8. The monoisotopic (exact) mass is 391 g/mol. The summed E-state index contributed by atoms with van der Waals surface area (Å²) in [7, 11) is 0. The van der Waals surface area contributed by atoms with Gasteiger partial charge in [0.15, 0.2) is 0 Å². The molecule has 3 aromatic rings. The van der Waals surface area contributed by atoms with Crippen LogP contribution in [0, 0.1) is 12.8 Å². The average molecular weight is 391 g/mol. The van der Waals surface area contributed by atoms with Gasteiger partial charge in [-0.15, -0.1) is 0 Å². The summed E-state index contributed by atoms with van der Waals surface area (Å²) in [6.07, 6.45) is 6.84. The summed E-state index contributed by atoms with van der Waals surface area (Å²) in [6.45, 7) is 6.08. The van der Waals surface area contributed by atoms with Crippen molar-refractivity contribution in [3.05, 3.63) is 78.0 Å². The van der Waals surface area contributed by atoms with Crippen molar-refractivity contribution < 1.29 is 9.59 Å². The van der Waals surface area contributed by atoms with Gasteiger partial charge in [-0.25, -0.2) is 9.97 Å². The van der Waals surface area contributed by atoms with Gasteiger partial charge in [-0.2, -0.15) is 0 Å². The molecule has 0 fully saturated rings. The number of hydrogen-bond acceptors (Lipinski definition) is 4. The Labute approximate surface area is 170 Å². The topological polar surface area (TPSA) is 88.9 Å². The second-order valence-corrected chi connectivity index (χ2v) is 7.27. The van der Waals surface area contributed by atoms with Crippen molar-refractivity contribution in [3.8, 4) is 5.82 Å². The second kappa shape index (κ2) is 9.14. The van der Waals surface area contributed by atoms with Crippen molar-refractivity contribution in [1.82, 2.24) is 25.2 Å². The lowest BCUT2D eigenvalue weighted by atomic mass is 10.0. The standard InChI is InChI=1S/C22H25N5O2/c1-15(2)20(26-21(28)18-6-4-5-16(3)11-18)22(29)25-13-17-7-8-24-19(12-17)27-10-9-23-14-27/h4-12,14-15,20H,13H2,1-3H3,(H,25,29)(H,26,28)/t20-/m0/s1. The molecule has 2 N–H and O–H groups in total. The first-order chi connectivity index (χ1) is 13.9. The van der Waals surface area contributed by atoms with Crippen LogP contribution in [0.4, 0.5) is 0 Å².